The van der Waals surface area contributed by atoms with E-state index < -0.39 is 5.97 Å². The van der Waals surface area contributed by atoms with Crippen LogP contribution in [-0.4, -0.2) is 31.3 Å². The van der Waals surface area contributed by atoms with Gasteiger partial charge in [-0.2, -0.15) is 4.68 Å². The van der Waals surface area contributed by atoms with E-state index in [2.05, 4.69) is 15.5 Å². The molecule has 1 heterocycles. The second-order valence-electron chi connectivity index (χ2n) is 3.08. The Morgan fingerprint density at radius 3 is 2.87 bits per heavy atom. The standard InChI is InChI=1S/C9H8N4O2/c1-6-2-3-8(7(4-6)9(14)15)13-5-10-11-12-13/h2-5H,1H3,(H,14,15). The molecule has 0 aliphatic carbocycles. The maximum Gasteiger partial charge on any atom is 0.337 e. The number of benzene rings is 1. The highest BCUT2D eigenvalue weighted by Gasteiger charge is 2.12. The Balaban J connectivity index is 2.61. The first-order chi connectivity index (χ1) is 7.18. The number of aromatic carboxylic acids is 1. The summed E-state index contributed by atoms with van der Waals surface area (Å²) in [5.41, 5.74) is 1.52. The number of carbonyl (C=O) groups is 1. The van der Waals surface area contributed by atoms with Crippen molar-refractivity contribution in [1.82, 2.24) is 20.2 Å². The van der Waals surface area contributed by atoms with E-state index in [0.717, 1.165) is 5.56 Å². The van der Waals surface area contributed by atoms with E-state index in [1.807, 2.05) is 13.0 Å². The highest BCUT2D eigenvalue weighted by molar-refractivity contribution is 5.92. The molecule has 6 heteroatoms. The Morgan fingerprint density at radius 2 is 2.27 bits per heavy atom. The summed E-state index contributed by atoms with van der Waals surface area (Å²) in [5, 5.41) is 19.6. The predicted molar refractivity (Wildman–Crippen MR) is 50.9 cm³/mol. The van der Waals surface area contributed by atoms with Crippen molar-refractivity contribution >= 4 is 5.97 Å². The van der Waals surface area contributed by atoms with Gasteiger partial charge in [-0.05, 0) is 29.5 Å². The number of hydrogen-bond acceptors (Lipinski definition) is 4. The molecule has 2 rings (SSSR count). The summed E-state index contributed by atoms with van der Waals surface area (Å²) in [6, 6.07) is 5.07. The van der Waals surface area contributed by atoms with Crippen molar-refractivity contribution in [2.75, 3.05) is 0 Å². The van der Waals surface area contributed by atoms with Crippen LogP contribution in [-0.2, 0) is 0 Å². The topological polar surface area (TPSA) is 80.9 Å². The summed E-state index contributed by atoms with van der Waals surface area (Å²) in [7, 11) is 0. The number of hydrogen-bond donors (Lipinski definition) is 1. The highest BCUT2D eigenvalue weighted by Crippen LogP contribution is 2.14. The fraction of sp³-hybridized carbons (Fsp3) is 0.111. The van der Waals surface area contributed by atoms with Gasteiger partial charge in [0.2, 0.25) is 0 Å². The molecule has 0 atom stereocenters. The molecule has 0 aliphatic rings. The lowest BCUT2D eigenvalue weighted by molar-refractivity contribution is 0.0696. The fourth-order valence-corrected chi connectivity index (χ4v) is 1.29. The molecule has 0 spiro atoms. The first-order valence-electron chi connectivity index (χ1n) is 4.26. The largest absolute Gasteiger partial charge is 0.478 e. The monoisotopic (exact) mass is 204 g/mol. The molecule has 0 bridgehead atoms. The van der Waals surface area contributed by atoms with Crippen LogP contribution >= 0.6 is 0 Å². The first-order valence-corrected chi connectivity index (χ1v) is 4.26. The fourth-order valence-electron chi connectivity index (χ4n) is 1.29. The number of tetrazole rings is 1. The van der Waals surface area contributed by atoms with Crippen LogP contribution in [0.15, 0.2) is 24.5 Å². The number of carboxylic acid groups (broad SMARTS) is 1. The number of aryl methyl sites for hydroxylation is 1. The minimum atomic E-state index is -0.996. The van der Waals surface area contributed by atoms with Crippen LogP contribution in [0, 0.1) is 6.92 Å². The summed E-state index contributed by atoms with van der Waals surface area (Å²) in [4.78, 5) is 11.0. The van der Waals surface area contributed by atoms with Crippen LogP contribution in [0.4, 0.5) is 0 Å². The molecule has 0 aliphatic heterocycles. The van der Waals surface area contributed by atoms with Crippen LogP contribution in [0.25, 0.3) is 5.69 Å². The van der Waals surface area contributed by atoms with Crippen molar-refractivity contribution in [3.63, 3.8) is 0 Å². The molecule has 15 heavy (non-hydrogen) atoms. The average molecular weight is 204 g/mol. The zero-order chi connectivity index (χ0) is 10.8. The first kappa shape index (κ1) is 9.32. The van der Waals surface area contributed by atoms with E-state index in [1.165, 1.54) is 11.0 Å². The van der Waals surface area contributed by atoms with Crippen molar-refractivity contribution in [1.29, 1.82) is 0 Å². The predicted octanol–water partition coefficient (Wildman–Crippen LogP) is 0.669. The number of aromatic nitrogens is 4. The number of nitrogens with zero attached hydrogens (tertiary/aromatic N) is 4. The van der Waals surface area contributed by atoms with Gasteiger partial charge in [-0.15, -0.1) is 5.10 Å². The molecule has 0 saturated carbocycles. The molecule has 6 nitrogen and oxygen atoms in total. The molecule has 1 N–H and O–H groups in total. The van der Waals surface area contributed by atoms with Gasteiger partial charge in [0.1, 0.15) is 6.33 Å². The summed E-state index contributed by atoms with van der Waals surface area (Å²) < 4.78 is 1.32. The lowest BCUT2D eigenvalue weighted by Crippen LogP contribution is -2.06. The van der Waals surface area contributed by atoms with Gasteiger partial charge in [0.25, 0.3) is 0 Å². The van der Waals surface area contributed by atoms with Crippen molar-refractivity contribution < 1.29 is 9.90 Å². The van der Waals surface area contributed by atoms with E-state index in [4.69, 9.17) is 5.11 Å². The van der Waals surface area contributed by atoms with Crippen molar-refractivity contribution in [2.24, 2.45) is 0 Å². The number of rotatable bonds is 2. The van der Waals surface area contributed by atoms with Crippen LogP contribution in [0.1, 0.15) is 15.9 Å². The second-order valence-corrected chi connectivity index (χ2v) is 3.08. The third-order valence-electron chi connectivity index (χ3n) is 1.98. The van der Waals surface area contributed by atoms with Crippen molar-refractivity contribution in [3.05, 3.63) is 35.7 Å². The number of carboxylic acids is 1. The van der Waals surface area contributed by atoms with E-state index in [-0.39, 0.29) is 5.56 Å². The Labute approximate surface area is 85.2 Å². The second kappa shape index (κ2) is 3.49. The van der Waals surface area contributed by atoms with Gasteiger partial charge < -0.3 is 5.11 Å². The molecule has 0 saturated heterocycles. The van der Waals surface area contributed by atoms with Gasteiger partial charge in [-0.3, -0.25) is 0 Å². The van der Waals surface area contributed by atoms with Crippen LogP contribution in [0.3, 0.4) is 0 Å². The molecule has 0 unspecified atom stereocenters. The van der Waals surface area contributed by atoms with Gasteiger partial charge in [-0.25, -0.2) is 4.79 Å². The quantitative estimate of drug-likeness (QED) is 0.777. The molecule has 1 aromatic carbocycles. The molecular weight excluding hydrogens is 196 g/mol. The summed E-state index contributed by atoms with van der Waals surface area (Å²) in [6.45, 7) is 1.83. The van der Waals surface area contributed by atoms with Crippen LogP contribution in [0.5, 0.6) is 0 Å². The lowest BCUT2D eigenvalue weighted by Gasteiger charge is -2.05. The van der Waals surface area contributed by atoms with Gasteiger partial charge in [0, 0.05) is 0 Å². The third-order valence-corrected chi connectivity index (χ3v) is 1.98. The molecular formula is C9H8N4O2. The Morgan fingerprint density at radius 1 is 1.47 bits per heavy atom. The maximum atomic E-state index is 11.0. The van der Waals surface area contributed by atoms with E-state index in [9.17, 15) is 4.79 Å². The van der Waals surface area contributed by atoms with Gasteiger partial charge in [0.05, 0.1) is 11.3 Å². The molecule has 0 amide bonds. The smallest absolute Gasteiger partial charge is 0.337 e. The molecule has 2 aromatic rings. The normalized spacial score (nSPS) is 10.2. The molecule has 76 valence electrons. The van der Waals surface area contributed by atoms with Crippen LogP contribution in [0.2, 0.25) is 0 Å². The summed E-state index contributed by atoms with van der Waals surface area (Å²) in [5.74, 6) is -0.996. The van der Waals surface area contributed by atoms with E-state index >= 15 is 0 Å². The Bertz CT molecular complexity index is 493. The average Bonchev–Trinajstić information content (AvgIpc) is 2.70. The Kier molecular flexibility index (Phi) is 2.17. The minimum Gasteiger partial charge on any atom is -0.478 e. The van der Waals surface area contributed by atoms with Crippen LogP contribution < -0.4 is 0 Å². The SMILES string of the molecule is Cc1ccc(-n2cnnn2)c(C(=O)O)c1. The van der Waals surface area contributed by atoms with Crippen molar-refractivity contribution in [3.8, 4) is 5.69 Å². The Hall–Kier alpha value is -2.24. The zero-order valence-corrected chi connectivity index (χ0v) is 7.95. The highest BCUT2D eigenvalue weighted by atomic mass is 16.4. The van der Waals surface area contributed by atoms with E-state index in [0.29, 0.717) is 5.69 Å². The van der Waals surface area contributed by atoms with E-state index in [1.54, 1.807) is 12.1 Å². The molecule has 1 aromatic heterocycles. The minimum absolute atomic E-state index is 0.183. The van der Waals surface area contributed by atoms with Gasteiger partial charge >= 0.3 is 5.97 Å². The maximum absolute atomic E-state index is 11.0. The summed E-state index contributed by atoms with van der Waals surface area (Å²) in [6.07, 6.45) is 1.36. The lowest BCUT2D eigenvalue weighted by atomic mass is 10.1. The zero-order valence-electron chi connectivity index (χ0n) is 7.95. The molecule has 0 fully saturated rings. The summed E-state index contributed by atoms with van der Waals surface area (Å²) >= 11 is 0. The van der Waals surface area contributed by atoms with Crippen molar-refractivity contribution in [2.45, 2.75) is 6.92 Å². The van der Waals surface area contributed by atoms with Gasteiger partial charge in [0.15, 0.2) is 0 Å². The third kappa shape index (κ3) is 1.69. The molecule has 0 radical (unpaired) electrons. The van der Waals surface area contributed by atoms with Gasteiger partial charge in [-0.1, -0.05) is 11.6 Å².